The summed E-state index contributed by atoms with van der Waals surface area (Å²) in [7, 11) is 0. The molecule has 1 aliphatic rings. The zero-order valence-corrected chi connectivity index (χ0v) is 11.8. The number of halogens is 2. The van der Waals surface area contributed by atoms with E-state index in [0.717, 1.165) is 31.6 Å². The van der Waals surface area contributed by atoms with Crippen molar-refractivity contribution in [3.63, 3.8) is 0 Å². The van der Waals surface area contributed by atoms with Crippen LogP contribution in [0.1, 0.15) is 5.56 Å². The summed E-state index contributed by atoms with van der Waals surface area (Å²) in [5.74, 6) is 0. The predicted molar refractivity (Wildman–Crippen MR) is 72.4 cm³/mol. The maximum absolute atomic E-state index is 5.32. The Morgan fingerprint density at radius 3 is 2.27 bits per heavy atom. The van der Waals surface area contributed by atoms with Gasteiger partial charge in [0.05, 0.1) is 13.2 Å². The summed E-state index contributed by atoms with van der Waals surface area (Å²) in [6.07, 6.45) is 0. The third-order valence-corrected chi connectivity index (χ3v) is 3.11. The van der Waals surface area contributed by atoms with Crippen molar-refractivity contribution >= 4 is 38.6 Å². The van der Waals surface area contributed by atoms with Crippen LogP contribution in [0.25, 0.3) is 0 Å². The average molecular weight is 337 g/mol. The highest BCUT2D eigenvalue weighted by Crippen LogP contribution is 2.17. The second-order valence-corrected chi connectivity index (χ2v) is 3.96. The van der Waals surface area contributed by atoms with Gasteiger partial charge in [0.1, 0.15) is 0 Å². The molecule has 0 spiro atoms. The van der Waals surface area contributed by atoms with Gasteiger partial charge in [-0.15, -0.1) is 17.0 Å². The Bertz CT molecular complexity index is 283. The van der Waals surface area contributed by atoms with Crippen LogP contribution in [0.2, 0.25) is 0 Å². The highest BCUT2D eigenvalue weighted by molar-refractivity contribution is 9.08. The van der Waals surface area contributed by atoms with Crippen LogP contribution in [0.5, 0.6) is 0 Å². The molecule has 15 heavy (non-hydrogen) atoms. The number of rotatable bonds is 2. The Morgan fingerprint density at radius 1 is 1.13 bits per heavy atom. The first kappa shape index (κ1) is 13.0. The summed E-state index contributed by atoms with van der Waals surface area (Å²) in [4.78, 5) is 2.36. The first-order chi connectivity index (χ1) is 6.90. The zero-order valence-electron chi connectivity index (χ0n) is 8.49. The predicted octanol–water partition coefficient (Wildman–Crippen LogP) is 3.00. The number of morpholine rings is 1. The van der Waals surface area contributed by atoms with Crippen molar-refractivity contribution in [3.8, 4) is 0 Å². The minimum atomic E-state index is 0. The lowest BCUT2D eigenvalue weighted by molar-refractivity contribution is 0.122. The van der Waals surface area contributed by atoms with Gasteiger partial charge in [-0.1, -0.05) is 28.1 Å². The van der Waals surface area contributed by atoms with Crippen LogP contribution >= 0.6 is 32.9 Å². The number of anilines is 1. The van der Waals surface area contributed by atoms with Gasteiger partial charge >= 0.3 is 0 Å². The van der Waals surface area contributed by atoms with E-state index in [0.29, 0.717) is 0 Å². The molecule has 1 saturated heterocycles. The van der Waals surface area contributed by atoms with E-state index in [1.54, 1.807) is 0 Å². The molecule has 2 nitrogen and oxygen atoms in total. The average Bonchev–Trinajstić information content (AvgIpc) is 2.30. The van der Waals surface area contributed by atoms with E-state index in [-0.39, 0.29) is 17.0 Å². The Labute approximate surface area is 110 Å². The van der Waals surface area contributed by atoms with E-state index < -0.39 is 0 Å². The minimum absolute atomic E-state index is 0. The van der Waals surface area contributed by atoms with Crippen molar-refractivity contribution in [3.05, 3.63) is 29.8 Å². The highest BCUT2D eigenvalue weighted by Gasteiger charge is 2.10. The van der Waals surface area contributed by atoms with Gasteiger partial charge in [-0.3, -0.25) is 0 Å². The molecule has 0 aromatic heterocycles. The van der Waals surface area contributed by atoms with E-state index >= 15 is 0 Å². The van der Waals surface area contributed by atoms with Crippen molar-refractivity contribution in [1.82, 2.24) is 0 Å². The smallest absolute Gasteiger partial charge is 0.0642 e. The molecule has 84 valence electrons. The van der Waals surface area contributed by atoms with E-state index in [2.05, 4.69) is 45.1 Å². The Kier molecular flexibility index (Phi) is 5.64. The summed E-state index contributed by atoms with van der Waals surface area (Å²) in [5, 5.41) is 0.927. The highest BCUT2D eigenvalue weighted by atomic mass is 79.9. The first-order valence-electron chi connectivity index (χ1n) is 4.88. The second-order valence-electron chi connectivity index (χ2n) is 3.40. The molecule has 2 rings (SSSR count). The fourth-order valence-corrected chi connectivity index (χ4v) is 1.99. The lowest BCUT2D eigenvalue weighted by Crippen LogP contribution is -2.36. The minimum Gasteiger partial charge on any atom is -0.378 e. The van der Waals surface area contributed by atoms with Gasteiger partial charge in [0.25, 0.3) is 0 Å². The van der Waals surface area contributed by atoms with Crippen LogP contribution < -0.4 is 4.90 Å². The van der Waals surface area contributed by atoms with Crippen LogP contribution in [0.4, 0.5) is 5.69 Å². The molecule has 0 unspecified atom stereocenters. The molecule has 1 heterocycles. The Balaban J connectivity index is 0.00000112. The zero-order chi connectivity index (χ0) is 9.80. The van der Waals surface area contributed by atoms with Crippen LogP contribution in [0.15, 0.2) is 24.3 Å². The van der Waals surface area contributed by atoms with Crippen molar-refractivity contribution < 1.29 is 4.74 Å². The summed E-state index contributed by atoms with van der Waals surface area (Å²) in [5.41, 5.74) is 2.63. The van der Waals surface area contributed by atoms with Gasteiger partial charge < -0.3 is 9.64 Å². The summed E-state index contributed by atoms with van der Waals surface area (Å²) in [6, 6.07) is 8.70. The molecule has 0 atom stereocenters. The number of hydrogen-bond acceptors (Lipinski definition) is 2. The summed E-state index contributed by atoms with van der Waals surface area (Å²) >= 11 is 3.44. The number of alkyl halides is 1. The van der Waals surface area contributed by atoms with Crippen molar-refractivity contribution in [2.75, 3.05) is 31.2 Å². The number of benzene rings is 1. The fourth-order valence-electron chi connectivity index (χ4n) is 1.62. The molecule has 0 bridgehead atoms. The number of ether oxygens (including phenoxy) is 1. The topological polar surface area (TPSA) is 12.5 Å². The monoisotopic (exact) mass is 335 g/mol. The SMILES string of the molecule is Br.BrCc1ccc(N2CCOCC2)cc1. The van der Waals surface area contributed by atoms with Crippen LogP contribution in [-0.2, 0) is 10.1 Å². The van der Waals surface area contributed by atoms with Crippen LogP contribution in [-0.4, -0.2) is 26.3 Å². The molecule has 1 aromatic carbocycles. The maximum atomic E-state index is 5.32. The van der Waals surface area contributed by atoms with E-state index in [1.165, 1.54) is 11.3 Å². The molecule has 4 heteroatoms. The molecule has 1 aliphatic heterocycles. The largest absolute Gasteiger partial charge is 0.378 e. The van der Waals surface area contributed by atoms with E-state index in [1.807, 2.05) is 0 Å². The Hall–Kier alpha value is -0.0600. The molecule has 1 fully saturated rings. The van der Waals surface area contributed by atoms with Crippen LogP contribution in [0.3, 0.4) is 0 Å². The fraction of sp³-hybridized carbons (Fsp3) is 0.455. The van der Waals surface area contributed by atoms with Gasteiger partial charge in [-0.25, -0.2) is 0 Å². The third-order valence-electron chi connectivity index (χ3n) is 2.47. The van der Waals surface area contributed by atoms with Gasteiger partial charge in [0.2, 0.25) is 0 Å². The quantitative estimate of drug-likeness (QED) is 0.770. The van der Waals surface area contributed by atoms with E-state index in [9.17, 15) is 0 Å². The summed E-state index contributed by atoms with van der Waals surface area (Å²) in [6.45, 7) is 3.71. The standard InChI is InChI=1S/C11H14BrNO.BrH/c12-9-10-1-3-11(4-2-10)13-5-7-14-8-6-13;/h1-4H,5-9H2;1H. The van der Waals surface area contributed by atoms with Gasteiger partial charge in [0.15, 0.2) is 0 Å². The normalized spacial score (nSPS) is 15.9. The lowest BCUT2D eigenvalue weighted by atomic mass is 10.2. The molecular formula is C11H15Br2NO. The molecule has 0 radical (unpaired) electrons. The number of hydrogen-bond donors (Lipinski definition) is 0. The third kappa shape index (κ3) is 3.47. The van der Waals surface area contributed by atoms with Crippen LogP contribution in [0, 0.1) is 0 Å². The van der Waals surface area contributed by atoms with Crippen molar-refractivity contribution in [2.24, 2.45) is 0 Å². The second kappa shape index (κ2) is 6.51. The van der Waals surface area contributed by atoms with Crippen molar-refractivity contribution in [2.45, 2.75) is 5.33 Å². The molecule has 0 amide bonds. The van der Waals surface area contributed by atoms with E-state index in [4.69, 9.17) is 4.74 Å². The first-order valence-corrected chi connectivity index (χ1v) is 6.00. The number of nitrogens with zero attached hydrogens (tertiary/aromatic N) is 1. The molecule has 0 saturated carbocycles. The lowest BCUT2D eigenvalue weighted by Gasteiger charge is -2.28. The van der Waals surface area contributed by atoms with Gasteiger partial charge in [-0.05, 0) is 17.7 Å². The molecule has 1 aromatic rings. The molecular weight excluding hydrogens is 322 g/mol. The van der Waals surface area contributed by atoms with Gasteiger partial charge in [0, 0.05) is 24.1 Å². The molecule has 0 N–H and O–H groups in total. The molecule has 0 aliphatic carbocycles. The van der Waals surface area contributed by atoms with Crippen molar-refractivity contribution in [1.29, 1.82) is 0 Å². The Morgan fingerprint density at radius 2 is 1.73 bits per heavy atom. The summed E-state index contributed by atoms with van der Waals surface area (Å²) < 4.78 is 5.32. The maximum Gasteiger partial charge on any atom is 0.0642 e. The van der Waals surface area contributed by atoms with Gasteiger partial charge in [-0.2, -0.15) is 0 Å².